The van der Waals surface area contributed by atoms with Gasteiger partial charge in [0.05, 0.1) is 11.4 Å². The predicted octanol–water partition coefficient (Wildman–Crippen LogP) is 7.99. The summed E-state index contributed by atoms with van der Waals surface area (Å²) in [6.45, 7) is 0. The second kappa shape index (κ2) is 12.5. The van der Waals surface area contributed by atoms with E-state index in [2.05, 4.69) is 33.7 Å². The van der Waals surface area contributed by atoms with Crippen molar-refractivity contribution in [3.05, 3.63) is 167 Å². The van der Waals surface area contributed by atoms with E-state index in [1.165, 1.54) is 0 Å². The number of rotatable bonds is 4. The van der Waals surface area contributed by atoms with Crippen molar-refractivity contribution >= 4 is 23.8 Å². The number of hydrogen-bond donors (Lipinski definition) is 0. The monoisotopic (exact) mass is 484 g/mol. The van der Waals surface area contributed by atoms with Crippen molar-refractivity contribution in [2.45, 2.75) is 0 Å². The minimum Gasteiger partial charge on any atom is -0.254 e. The third-order valence-electron chi connectivity index (χ3n) is 5.66. The molecule has 5 aromatic carbocycles. The summed E-state index contributed by atoms with van der Waals surface area (Å²) >= 11 is 0. The highest BCUT2D eigenvalue weighted by Gasteiger charge is 1.98. The molecule has 0 spiro atoms. The molecule has 0 aliphatic heterocycles. The molecule has 0 saturated heterocycles. The number of aliphatic imine (C=N–C) groups is 2. The molecule has 0 radical (unpaired) electrons. The van der Waals surface area contributed by atoms with Crippen molar-refractivity contribution in [2.24, 2.45) is 9.98 Å². The summed E-state index contributed by atoms with van der Waals surface area (Å²) in [7, 11) is 0. The van der Waals surface area contributed by atoms with Crippen molar-refractivity contribution in [1.82, 2.24) is 0 Å². The van der Waals surface area contributed by atoms with Crippen molar-refractivity contribution in [3.8, 4) is 23.7 Å². The van der Waals surface area contributed by atoms with Gasteiger partial charge in [-0.3, -0.25) is 9.98 Å². The topological polar surface area (TPSA) is 24.7 Å². The van der Waals surface area contributed by atoms with Crippen LogP contribution >= 0.6 is 0 Å². The molecule has 5 aromatic rings. The minimum absolute atomic E-state index is 0.807. The Hall–Kier alpha value is -5.44. The van der Waals surface area contributed by atoms with Crippen LogP contribution in [0.2, 0.25) is 0 Å². The van der Waals surface area contributed by atoms with Gasteiger partial charge in [-0.2, -0.15) is 0 Å². The molecule has 0 heterocycles. The fraction of sp³-hybridized carbons (Fsp3) is 0. The van der Waals surface area contributed by atoms with Gasteiger partial charge in [0.2, 0.25) is 0 Å². The van der Waals surface area contributed by atoms with Gasteiger partial charge in [0, 0.05) is 34.7 Å². The molecule has 0 N–H and O–H groups in total. The Morgan fingerprint density at radius 2 is 0.658 bits per heavy atom. The summed E-state index contributed by atoms with van der Waals surface area (Å²) in [5.74, 6) is 12.8. The van der Waals surface area contributed by atoms with Crippen molar-refractivity contribution in [1.29, 1.82) is 0 Å². The van der Waals surface area contributed by atoms with Crippen LogP contribution in [0.15, 0.2) is 143 Å². The Labute approximate surface area is 224 Å². The zero-order valence-electron chi connectivity index (χ0n) is 20.8. The van der Waals surface area contributed by atoms with E-state index in [1.807, 2.05) is 146 Å². The van der Waals surface area contributed by atoms with Gasteiger partial charge < -0.3 is 0 Å². The second-order valence-electron chi connectivity index (χ2n) is 8.48. The Balaban J connectivity index is 1.25. The Morgan fingerprint density at radius 1 is 0.342 bits per heavy atom. The first-order chi connectivity index (χ1) is 18.8. The summed E-state index contributed by atoms with van der Waals surface area (Å²) in [5, 5.41) is 0. The largest absolute Gasteiger partial charge is 0.254 e. The molecule has 0 aromatic heterocycles. The van der Waals surface area contributed by atoms with Crippen LogP contribution in [0.1, 0.15) is 33.4 Å². The van der Waals surface area contributed by atoms with E-state index in [0.717, 1.165) is 44.8 Å². The van der Waals surface area contributed by atoms with Crippen LogP contribution in [0.25, 0.3) is 0 Å². The van der Waals surface area contributed by atoms with Crippen molar-refractivity contribution in [2.75, 3.05) is 0 Å². The lowest BCUT2D eigenvalue weighted by Crippen LogP contribution is -1.83. The van der Waals surface area contributed by atoms with Gasteiger partial charge in [-0.05, 0) is 71.8 Å². The molecular formula is C36H24N2. The maximum atomic E-state index is 4.69. The zero-order valence-corrected chi connectivity index (χ0v) is 20.8. The number of nitrogens with zero attached hydrogens (tertiary/aromatic N) is 2. The SMILES string of the molecule is C(#Cc1ccc(C=Nc2ccccc2/N=C\c2ccc(C#Cc3ccccc3)cc2)cc1)c1ccccc1. The molecule has 0 aliphatic carbocycles. The summed E-state index contributed by atoms with van der Waals surface area (Å²) in [5.41, 5.74) is 7.55. The normalized spacial score (nSPS) is 10.5. The highest BCUT2D eigenvalue weighted by molar-refractivity contribution is 5.87. The number of para-hydroxylation sites is 2. The Kier molecular flexibility index (Phi) is 7.98. The van der Waals surface area contributed by atoms with Gasteiger partial charge in [-0.15, -0.1) is 0 Å². The molecular weight excluding hydrogens is 460 g/mol. The molecule has 2 nitrogen and oxygen atoms in total. The minimum atomic E-state index is 0.807. The average Bonchev–Trinajstić information content (AvgIpc) is 2.99. The molecule has 0 amide bonds. The molecule has 0 atom stereocenters. The summed E-state index contributed by atoms with van der Waals surface area (Å²) < 4.78 is 0. The van der Waals surface area contributed by atoms with E-state index in [1.54, 1.807) is 0 Å². The lowest BCUT2D eigenvalue weighted by Gasteiger charge is -2.00. The Morgan fingerprint density at radius 3 is 1.03 bits per heavy atom. The summed E-state index contributed by atoms with van der Waals surface area (Å²) in [4.78, 5) is 9.37. The van der Waals surface area contributed by atoms with E-state index in [9.17, 15) is 0 Å². The van der Waals surface area contributed by atoms with Crippen LogP contribution in [0.3, 0.4) is 0 Å². The van der Waals surface area contributed by atoms with E-state index in [4.69, 9.17) is 0 Å². The van der Waals surface area contributed by atoms with E-state index in [-0.39, 0.29) is 0 Å². The molecule has 0 unspecified atom stereocenters. The quantitative estimate of drug-likeness (QED) is 0.182. The molecule has 38 heavy (non-hydrogen) atoms. The zero-order chi connectivity index (χ0) is 25.8. The van der Waals surface area contributed by atoms with Gasteiger partial charge >= 0.3 is 0 Å². The van der Waals surface area contributed by atoms with Gasteiger partial charge in [0.1, 0.15) is 0 Å². The first-order valence-electron chi connectivity index (χ1n) is 12.3. The molecule has 0 saturated carbocycles. The highest BCUT2D eigenvalue weighted by atomic mass is 14.8. The lowest BCUT2D eigenvalue weighted by atomic mass is 10.1. The van der Waals surface area contributed by atoms with Crippen LogP contribution in [0.4, 0.5) is 11.4 Å². The van der Waals surface area contributed by atoms with Gasteiger partial charge in [-0.1, -0.05) is 96.5 Å². The number of benzene rings is 5. The molecule has 5 rings (SSSR count). The molecule has 0 bridgehead atoms. The molecule has 2 heteroatoms. The first kappa shape index (κ1) is 24.3. The van der Waals surface area contributed by atoms with Crippen LogP contribution < -0.4 is 0 Å². The lowest BCUT2D eigenvalue weighted by molar-refractivity contribution is 1.45. The van der Waals surface area contributed by atoms with Gasteiger partial charge in [0.25, 0.3) is 0 Å². The van der Waals surface area contributed by atoms with Gasteiger partial charge in [0.15, 0.2) is 0 Å². The average molecular weight is 485 g/mol. The van der Waals surface area contributed by atoms with Crippen LogP contribution in [0, 0.1) is 23.7 Å². The van der Waals surface area contributed by atoms with E-state index in [0.29, 0.717) is 0 Å². The summed E-state index contributed by atoms with van der Waals surface area (Å²) in [6, 6.07) is 43.9. The third kappa shape index (κ3) is 7.05. The second-order valence-corrected chi connectivity index (χ2v) is 8.48. The third-order valence-corrected chi connectivity index (χ3v) is 5.66. The number of hydrogen-bond acceptors (Lipinski definition) is 2. The smallest absolute Gasteiger partial charge is 0.0886 e. The van der Waals surface area contributed by atoms with Gasteiger partial charge in [-0.25, -0.2) is 0 Å². The fourth-order valence-corrected chi connectivity index (χ4v) is 3.61. The molecule has 0 fully saturated rings. The van der Waals surface area contributed by atoms with E-state index < -0.39 is 0 Å². The maximum absolute atomic E-state index is 4.69. The first-order valence-corrected chi connectivity index (χ1v) is 12.3. The van der Waals surface area contributed by atoms with Crippen molar-refractivity contribution < 1.29 is 0 Å². The molecule has 0 aliphatic rings. The maximum Gasteiger partial charge on any atom is 0.0886 e. The standard InChI is InChI=1S/C36H24N2/c1-3-9-29(10-4-1)15-17-31-19-23-33(24-20-31)27-37-35-13-7-8-14-36(35)38-28-34-25-21-32(22-26-34)18-16-30-11-5-2-6-12-30/h1-14,19-28H/b37-27-,38-28?. The predicted molar refractivity (Wildman–Crippen MR) is 159 cm³/mol. The van der Waals surface area contributed by atoms with Crippen molar-refractivity contribution in [3.63, 3.8) is 0 Å². The van der Waals surface area contributed by atoms with E-state index >= 15 is 0 Å². The van der Waals surface area contributed by atoms with Crippen LogP contribution in [-0.4, -0.2) is 12.4 Å². The van der Waals surface area contributed by atoms with Crippen LogP contribution in [0.5, 0.6) is 0 Å². The van der Waals surface area contributed by atoms with Crippen LogP contribution in [-0.2, 0) is 0 Å². The summed E-state index contributed by atoms with van der Waals surface area (Å²) in [6.07, 6.45) is 3.70. The molecule has 178 valence electrons. The Bertz CT molecular complexity index is 1540. The highest BCUT2D eigenvalue weighted by Crippen LogP contribution is 2.27. The fourth-order valence-electron chi connectivity index (χ4n) is 3.61.